The molecule has 0 atom stereocenters. The van der Waals surface area contributed by atoms with Crippen LogP contribution in [0.1, 0.15) is 80.9 Å². The van der Waals surface area contributed by atoms with Gasteiger partial charge in [-0.15, -0.1) is 10.2 Å². The molecule has 1 fully saturated rings. The summed E-state index contributed by atoms with van der Waals surface area (Å²) < 4.78 is 204. The number of hydrogen-bond donors (Lipinski definition) is 5. The van der Waals surface area contributed by atoms with Crippen molar-refractivity contribution in [2.45, 2.75) is 91.2 Å². The maximum absolute atomic E-state index is 14.1. The quantitative estimate of drug-likeness (QED) is 0.0329. The molecule has 45 heteroatoms. The molecule has 19 rings (SSSR count). The van der Waals surface area contributed by atoms with E-state index in [1.807, 2.05) is 62.1 Å². The number of anilines is 10. The van der Waals surface area contributed by atoms with Gasteiger partial charge < -0.3 is 31.3 Å². The van der Waals surface area contributed by atoms with Crippen LogP contribution in [0, 0.1) is 63.4 Å². The molecule has 18 aromatic rings. The number of alkyl halides is 12. The number of rotatable bonds is 21. The lowest BCUT2D eigenvalue weighted by Crippen LogP contribution is -2.12. The molecule has 0 unspecified atom stereocenters. The first-order valence-electron chi connectivity index (χ1n) is 42.2. The minimum atomic E-state index is -4.38. The number of tetrazole rings is 1. The number of fused-ring (bicyclic) bond motifs is 1. The molecule has 5 aromatic carbocycles. The van der Waals surface area contributed by atoms with E-state index in [0.29, 0.717) is 110 Å². The minimum Gasteiger partial charge on any atom is -0.491 e. The molecule has 5 N–H and O–H groups in total. The maximum atomic E-state index is 14.1. The molecule has 0 saturated heterocycles. The molecule has 0 radical (unpaired) electrons. The van der Waals surface area contributed by atoms with Crippen molar-refractivity contribution in [2.75, 3.05) is 33.7 Å². The molecular weight excluding hydrogens is 1880 g/mol. The van der Waals surface area contributed by atoms with Crippen molar-refractivity contribution < 1.29 is 70.6 Å². The molecule has 13 heterocycles. The lowest BCUT2D eigenvalue weighted by atomic mass is 10.1. The van der Waals surface area contributed by atoms with Crippen molar-refractivity contribution in [3.63, 3.8) is 0 Å². The van der Waals surface area contributed by atoms with E-state index in [1.54, 1.807) is 84.3 Å². The van der Waals surface area contributed by atoms with Crippen molar-refractivity contribution in [3.8, 4) is 74.1 Å². The highest BCUT2D eigenvalue weighted by Crippen LogP contribution is 2.45. The van der Waals surface area contributed by atoms with E-state index in [2.05, 4.69) is 123 Å². The van der Waals surface area contributed by atoms with Crippen LogP contribution in [0.15, 0.2) is 257 Å². The van der Waals surface area contributed by atoms with Gasteiger partial charge in [-0.05, 0) is 210 Å². The summed E-state index contributed by atoms with van der Waals surface area (Å²) in [4.78, 5) is 61.9. The molecule has 13 aromatic heterocycles. The maximum Gasteiger partial charge on any atom is 0.416 e. The van der Waals surface area contributed by atoms with Crippen molar-refractivity contribution >= 4 is 74.8 Å². The first-order valence-corrected chi connectivity index (χ1v) is 42.5. The van der Waals surface area contributed by atoms with Gasteiger partial charge in [-0.3, -0.25) is 43.6 Å². The average molecular weight is 1960 g/mol. The van der Waals surface area contributed by atoms with Crippen molar-refractivity contribution in [1.29, 1.82) is 5.26 Å². The fourth-order valence-electron chi connectivity index (χ4n) is 14.1. The Morgan fingerprint density at radius 1 is 0.461 bits per heavy atom. The van der Waals surface area contributed by atoms with Crippen LogP contribution in [0.25, 0.3) is 67.9 Å². The normalized spacial score (nSPS) is 11.9. The summed E-state index contributed by atoms with van der Waals surface area (Å²) in [5, 5.41) is 40.6. The number of aromatic nitrogens is 22. The van der Waals surface area contributed by atoms with Crippen LogP contribution < -0.4 is 31.3 Å². The third-order valence-corrected chi connectivity index (χ3v) is 21.1. The lowest BCUT2D eigenvalue weighted by Gasteiger charge is -2.11. The number of hydrogen-bond acceptors (Lipinski definition) is 25. The first-order chi connectivity index (χ1) is 67.4. The van der Waals surface area contributed by atoms with Gasteiger partial charge in [0.25, 0.3) is 0 Å². The predicted molar refractivity (Wildman–Crippen MR) is 493 cm³/mol. The Balaban J connectivity index is 0.000000134. The number of nitriles is 1. The summed E-state index contributed by atoms with van der Waals surface area (Å²) in [6.45, 7) is 10.5. The summed E-state index contributed by atoms with van der Waals surface area (Å²) in [6.07, 6.45) is 6.27. The monoisotopic (exact) mass is 1950 g/mol. The van der Waals surface area contributed by atoms with Gasteiger partial charge in [0.15, 0.2) is 35.3 Å². The fourth-order valence-corrected chi connectivity index (χ4v) is 14.3. The van der Waals surface area contributed by atoms with Gasteiger partial charge in [0.05, 0.1) is 149 Å². The molecule has 716 valence electrons. The number of pyridine rings is 5. The van der Waals surface area contributed by atoms with Crippen molar-refractivity contribution in [3.05, 3.63) is 341 Å². The molecule has 29 nitrogen and oxygen atoms in total. The third kappa shape index (κ3) is 25.3. The highest BCUT2D eigenvalue weighted by atomic mass is 35.5. The zero-order valence-electron chi connectivity index (χ0n) is 74.4. The molecule has 1 aliphatic carbocycles. The standard InChI is InChI=1S/C23H16F3N5O.C21H13ClF3N5.C19H18F3N9.C17H13F3N4.C16H14F3N5/c1-32-23-16(25)8-15(9-17(23)26)28-19-7-12(10-27)6-18(29-19)22-21(13-2-3-13)30-20-5-4-14(24)11-31(20)22;22-19-10-14(6-8-28-19)17-9-13(5-7-27-17)18-11-26-12-20(30-18)29-16-3-1-15(2-4-16)21(23,24)25;1-12-18(13(2)30(28-12)7-8-31-25-11-24-29-31)16-9-23-10-17(27-16)26-15-5-3-14(4-6-15)19(20,21)22;1-11-8-12(6-7-22-11)15-9-21-10-16(24-15)23-14-4-2-13(3-5-14)17(18,19)20;1-10-7-21-11(2)24(10)15-9-20-8-14(23-15)22-13-5-3-12(4-6-13)16(17,18)19/h4-9,11,13H,2-3H2,1H3,(H,28,29);1-12H,(H,29,30);3-6,9-11H,7-8H2,1-2H3,(H,26,27);2-10H,1H3,(H,23,24);3-9H,1-2H3,(H,22,23). The van der Waals surface area contributed by atoms with Gasteiger partial charge >= 0.3 is 24.7 Å². The van der Waals surface area contributed by atoms with Crippen molar-refractivity contribution in [1.82, 2.24) is 109 Å². The Bertz CT molecular complexity index is 7440. The number of aryl methyl sites for hydroxylation is 6. The van der Waals surface area contributed by atoms with Gasteiger partial charge in [0.2, 0.25) is 0 Å². The smallest absolute Gasteiger partial charge is 0.416 e. The summed E-state index contributed by atoms with van der Waals surface area (Å²) in [5.74, 6) is 0.814. The van der Waals surface area contributed by atoms with Crippen LogP contribution in [0.2, 0.25) is 5.15 Å². The Morgan fingerprint density at radius 2 is 0.936 bits per heavy atom. The van der Waals surface area contributed by atoms with Gasteiger partial charge in [0, 0.05) is 117 Å². The Hall–Kier alpha value is -17.3. The number of methoxy groups -OCH3 is 1. The highest BCUT2D eigenvalue weighted by molar-refractivity contribution is 6.29. The van der Waals surface area contributed by atoms with Crippen molar-refractivity contribution in [2.24, 2.45) is 0 Å². The Morgan fingerprint density at radius 3 is 1.41 bits per heavy atom. The van der Waals surface area contributed by atoms with E-state index >= 15 is 0 Å². The molecule has 0 amide bonds. The van der Waals surface area contributed by atoms with Gasteiger partial charge in [-0.1, -0.05) is 11.6 Å². The van der Waals surface area contributed by atoms with Crippen LogP contribution in [0.5, 0.6) is 5.75 Å². The number of halogens is 16. The van der Waals surface area contributed by atoms with E-state index in [-0.39, 0.29) is 23.0 Å². The predicted octanol–water partition coefficient (Wildman–Crippen LogP) is 23.4. The molecule has 0 spiro atoms. The summed E-state index contributed by atoms with van der Waals surface area (Å²) >= 11 is 5.95. The number of nitrogens with zero attached hydrogens (tertiary/aromatic N) is 23. The summed E-state index contributed by atoms with van der Waals surface area (Å²) in [6, 6.07) is 39.9. The largest absolute Gasteiger partial charge is 0.491 e. The molecule has 141 heavy (non-hydrogen) atoms. The topological polar surface area (TPSA) is 344 Å². The minimum absolute atomic E-state index is 0.0981. The van der Waals surface area contributed by atoms with Crippen LogP contribution in [-0.4, -0.2) is 116 Å². The summed E-state index contributed by atoms with van der Waals surface area (Å²) in [7, 11) is 1.18. The van der Waals surface area contributed by atoms with Gasteiger partial charge in [0.1, 0.15) is 45.7 Å². The number of imidazole rings is 2. The zero-order chi connectivity index (χ0) is 100. The molecule has 0 bridgehead atoms. The fraction of sp³-hybridized carbons (Fsp3) is 0.156. The van der Waals surface area contributed by atoms with E-state index in [0.717, 1.165) is 130 Å². The summed E-state index contributed by atoms with van der Waals surface area (Å²) in [5.41, 5.74) is 11.1. The second-order valence-corrected chi connectivity index (χ2v) is 31.4. The number of ether oxygens (including phenoxy) is 1. The molecule has 0 aliphatic heterocycles. The van der Waals surface area contributed by atoms with Crippen LogP contribution in [-0.2, 0) is 37.8 Å². The van der Waals surface area contributed by atoms with E-state index < -0.39 is 70.2 Å². The Labute approximate surface area is 795 Å². The molecule has 1 saturated carbocycles. The zero-order valence-corrected chi connectivity index (χ0v) is 75.2. The number of benzene rings is 5. The lowest BCUT2D eigenvalue weighted by molar-refractivity contribution is -0.138. The average Bonchev–Trinajstić information content (AvgIpc) is 1.60. The van der Waals surface area contributed by atoms with Crippen LogP contribution in [0.4, 0.5) is 123 Å². The second kappa shape index (κ2) is 42.6. The SMILES string of the molecule is COc1c(F)cc(Nc2cc(C#N)cc(-c3c(C4CC4)nc4ccc(F)cn34)n2)cc1F.Cc1cc(-c2cncc(Nc3ccc(C(F)(F)F)cc3)n2)ccn1.Cc1cnc(C)n1-c1cncc(Nc2ccc(C(F)(F)F)cc2)n1.Cc1nn(CCn2ncnn2)c(C)c1-c1cncc(Nc2ccc(C(F)(F)F)cc2)n1.FC(F)(F)c1ccc(Nc2cncc(-c3ccnc(-c4ccnc(Cl)c4)c3)n2)cc1. The van der Waals surface area contributed by atoms with Crippen LogP contribution in [0.3, 0.4) is 0 Å². The second-order valence-electron chi connectivity index (χ2n) is 31.0. The molecular formula is C96H74ClF15N28O. The van der Waals surface area contributed by atoms with Gasteiger partial charge in [-0.2, -0.15) is 67.8 Å². The molecule has 1 aliphatic rings. The van der Waals surface area contributed by atoms with E-state index in [9.17, 15) is 71.1 Å². The Kier molecular flexibility index (Phi) is 29.7. The first kappa shape index (κ1) is 98.2. The third-order valence-electron chi connectivity index (χ3n) is 20.9. The highest BCUT2D eigenvalue weighted by Gasteiger charge is 2.35. The van der Waals surface area contributed by atoms with Crippen LogP contribution >= 0.6 is 11.6 Å². The van der Waals surface area contributed by atoms with E-state index in [1.165, 1.54) is 110 Å². The van der Waals surface area contributed by atoms with E-state index in [4.69, 9.17) is 16.3 Å². The number of nitrogens with one attached hydrogen (secondary N) is 5. The van der Waals surface area contributed by atoms with Gasteiger partial charge in [-0.25, -0.2) is 53.0 Å².